The Morgan fingerprint density at radius 1 is 1.03 bits per heavy atom. The summed E-state index contributed by atoms with van der Waals surface area (Å²) in [6.45, 7) is 4.59. The second kappa shape index (κ2) is 9.15. The first-order valence-corrected chi connectivity index (χ1v) is 13.0. The molecule has 3 aliphatic heterocycles. The number of anilines is 1. The molecule has 2 aromatic heterocycles. The van der Waals surface area contributed by atoms with Gasteiger partial charge in [0.1, 0.15) is 12.4 Å². The van der Waals surface area contributed by atoms with Crippen LogP contribution in [0.3, 0.4) is 0 Å². The number of hydrogen-bond donors (Lipinski definition) is 0. The van der Waals surface area contributed by atoms with Gasteiger partial charge >= 0.3 is 0 Å². The minimum Gasteiger partial charge on any atom is -0.350 e. The molecule has 3 aromatic rings. The summed E-state index contributed by atoms with van der Waals surface area (Å²) in [5.74, 6) is 0.760. The van der Waals surface area contributed by atoms with Crippen molar-refractivity contribution in [3.8, 4) is 11.3 Å². The number of likely N-dealkylation sites (tertiary alicyclic amines) is 2. The molecule has 0 saturated carbocycles. The van der Waals surface area contributed by atoms with Crippen molar-refractivity contribution in [2.24, 2.45) is 7.05 Å². The van der Waals surface area contributed by atoms with Gasteiger partial charge in [-0.15, -0.1) is 0 Å². The molecule has 5 heterocycles. The largest absolute Gasteiger partial charge is 0.350 e. The van der Waals surface area contributed by atoms with E-state index in [0.717, 1.165) is 53.9 Å². The van der Waals surface area contributed by atoms with Crippen LogP contribution in [0.1, 0.15) is 38.5 Å². The quantitative estimate of drug-likeness (QED) is 0.582. The number of carbonyl (C=O) groups excluding carboxylic acids is 2. The van der Waals surface area contributed by atoms with Crippen LogP contribution in [0.15, 0.2) is 36.5 Å². The van der Waals surface area contributed by atoms with E-state index in [0.29, 0.717) is 19.0 Å². The first-order chi connectivity index (χ1) is 17.1. The molecule has 0 atom stereocenters. The Morgan fingerprint density at radius 3 is 2.60 bits per heavy atom. The highest BCUT2D eigenvalue weighted by molar-refractivity contribution is 6.00. The average molecular weight is 475 g/mol. The monoisotopic (exact) mass is 474 g/mol. The topological polar surface area (TPSA) is 66.6 Å². The zero-order valence-corrected chi connectivity index (χ0v) is 20.5. The maximum Gasteiger partial charge on any atom is 0.242 e. The van der Waals surface area contributed by atoms with Gasteiger partial charge in [-0.05, 0) is 44.8 Å². The van der Waals surface area contributed by atoms with Gasteiger partial charge in [-0.3, -0.25) is 14.5 Å². The average Bonchev–Trinajstić information content (AvgIpc) is 3.48. The summed E-state index contributed by atoms with van der Waals surface area (Å²) in [4.78, 5) is 32.4. The Kier molecular flexibility index (Phi) is 5.84. The Bertz CT molecular complexity index is 1250. The van der Waals surface area contributed by atoms with Crippen molar-refractivity contribution < 1.29 is 9.59 Å². The summed E-state index contributed by atoms with van der Waals surface area (Å²) in [6.07, 6.45) is 8.45. The van der Waals surface area contributed by atoms with E-state index in [1.165, 1.54) is 32.4 Å². The standard InChI is InChI=1S/C27H34N6O2/c1-29-18-22(21-7-3-4-8-24(21)29)23-17-25-32(26(34)11-16-33(25)28-23)19-27(35)31-14-9-20(10-15-31)30-12-5-2-6-13-30/h3-4,7-8,17-18,20H,2,5-6,9-16,19H2,1H3. The number of piperidine rings is 2. The van der Waals surface area contributed by atoms with E-state index in [2.05, 4.69) is 27.8 Å². The first-order valence-electron chi connectivity index (χ1n) is 13.0. The molecule has 184 valence electrons. The molecular formula is C27H34N6O2. The summed E-state index contributed by atoms with van der Waals surface area (Å²) in [6, 6.07) is 10.8. The number of carbonyl (C=O) groups is 2. The second-order valence-electron chi connectivity index (χ2n) is 10.2. The summed E-state index contributed by atoms with van der Waals surface area (Å²) in [5, 5.41) is 5.96. The van der Waals surface area contributed by atoms with Crippen LogP contribution >= 0.6 is 0 Å². The van der Waals surface area contributed by atoms with Crippen molar-refractivity contribution in [1.29, 1.82) is 0 Å². The number of hydrogen-bond acceptors (Lipinski definition) is 4. The fourth-order valence-electron chi connectivity index (χ4n) is 6.10. The number of amides is 2. The Hall–Kier alpha value is -3.13. The van der Waals surface area contributed by atoms with Crippen molar-refractivity contribution in [2.45, 2.75) is 51.1 Å². The molecule has 0 bridgehead atoms. The summed E-state index contributed by atoms with van der Waals surface area (Å²) >= 11 is 0. The Balaban J connectivity index is 1.18. The van der Waals surface area contributed by atoms with E-state index in [-0.39, 0.29) is 18.4 Å². The summed E-state index contributed by atoms with van der Waals surface area (Å²) in [5.41, 5.74) is 3.03. The smallest absolute Gasteiger partial charge is 0.242 e. The molecule has 35 heavy (non-hydrogen) atoms. The van der Waals surface area contributed by atoms with Gasteiger partial charge in [-0.25, -0.2) is 4.68 Å². The Labute approximate surface area is 206 Å². The van der Waals surface area contributed by atoms with Crippen LogP contribution in [0.25, 0.3) is 22.2 Å². The van der Waals surface area contributed by atoms with Crippen molar-refractivity contribution in [1.82, 2.24) is 24.1 Å². The molecular weight excluding hydrogens is 440 g/mol. The van der Waals surface area contributed by atoms with Gasteiger partial charge in [0.05, 0.1) is 12.2 Å². The minimum absolute atomic E-state index is 0.00146. The molecule has 8 heteroatoms. The molecule has 0 unspecified atom stereocenters. The third-order valence-electron chi connectivity index (χ3n) is 8.06. The van der Waals surface area contributed by atoms with Crippen molar-refractivity contribution in [3.05, 3.63) is 36.5 Å². The van der Waals surface area contributed by atoms with E-state index in [4.69, 9.17) is 5.10 Å². The molecule has 2 saturated heterocycles. The molecule has 2 amide bonds. The lowest BCUT2D eigenvalue weighted by Crippen LogP contribution is -2.51. The normalized spacial score (nSPS) is 20.0. The number of nitrogens with zero attached hydrogens (tertiary/aromatic N) is 6. The molecule has 1 aromatic carbocycles. The third-order valence-corrected chi connectivity index (χ3v) is 8.06. The number of fused-ring (bicyclic) bond motifs is 2. The van der Waals surface area contributed by atoms with Crippen molar-refractivity contribution in [3.63, 3.8) is 0 Å². The van der Waals surface area contributed by atoms with Crippen molar-refractivity contribution >= 4 is 28.5 Å². The SMILES string of the molecule is Cn1cc(-c2cc3n(n2)CCC(=O)N3CC(=O)N2CCC(N3CCCCC3)CC2)c2ccccc21. The number of benzene rings is 1. The zero-order chi connectivity index (χ0) is 23.9. The van der Waals surface area contributed by atoms with Crippen molar-refractivity contribution in [2.75, 3.05) is 37.6 Å². The fourth-order valence-corrected chi connectivity index (χ4v) is 6.10. The molecule has 8 nitrogen and oxygen atoms in total. The highest BCUT2D eigenvalue weighted by atomic mass is 16.2. The summed E-state index contributed by atoms with van der Waals surface area (Å²) < 4.78 is 3.98. The van der Waals surface area contributed by atoms with Crippen LogP contribution in [-0.4, -0.2) is 74.7 Å². The third kappa shape index (κ3) is 4.14. The molecule has 0 N–H and O–H groups in total. The van der Waals surface area contributed by atoms with Crippen LogP contribution in [-0.2, 0) is 23.2 Å². The van der Waals surface area contributed by atoms with E-state index in [1.54, 1.807) is 4.90 Å². The van der Waals surface area contributed by atoms with E-state index >= 15 is 0 Å². The second-order valence-corrected chi connectivity index (χ2v) is 10.2. The highest BCUT2D eigenvalue weighted by Crippen LogP contribution is 2.33. The predicted octanol–water partition coefficient (Wildman–Crippen LogP) is 3.26. The van der Waals surface area contributed by atoms with Gasteiger partial charge in [-0.2, -0.15) is 5.10 Å². The lowest BCUT2D eigenvalue weighted by molar-refractivity contribution is -0.133. The molecule has 3 aliphatic rings. The molecule has 0 aliphatic carbocycles. The number of aryl methyl sites for hydroxylation is 2. The molecule has 0 radical (unpaired) electrons. The number of rotatable bonds is 4. The van der Waals surface area contributed by atoms with Gasteiger partial charge in [0.2, 0.25) is 11.8 Å². The Morgan fingerprint density at radius 2 is 1.80 bits per heavy atom. The van der Waals surface area contributed by atoms with E-state index < -0.39 is 0 Å². The van der Waals surface area contributed by atoms with Gasteiger partial charge in [0.15, 0.2) is 0 Å². The number of para-hydroxylation sites is 1. The molecule has 6 rings (SSSR count). The van der Waals surface area contributed by atoms with Gasteiger partial charge in [-0.1, -0.05) is 24.6 Å². The first kappa shape index (κ1) is 22.3. The zero-order valence-electron chi connectivity index (χ0n) is 20.5. The lowest BCUT2D eigenvalue weighted by Gasteiger charge is -2.40. The molecule has 2 fully saturated rings. The van der Waals surface area contributed by atoms with Crippen LogP contribution in [0, 0.1) is 0 Å². The van der Waals surface area contributed by atoms with Crippen LogP contribution < -0.4 is 4.90 Å². The maximum atomic E-state index is 13.2. The van der Waals surface area contributed by atoms with E-state index in [9.17, 15) is 9.59 Å². The highest BCUT2D eigenvalue weighted by Gasteiger charge is 2.32. The van der Waals surface area contributed by atoms with Gasteiger partial charge in [0.25, 0.3) is 0 Å². The summed E-state index contributed by atoms with van der Waals surface area (Å²) in [7, 11) is 2.03. The minimum atomic E-state index is -0.00146. The lowest BCUT2D eigenvalue weighted by atomic mass is 10.00. The number of aromatic nitrogens is 3. The fraction of sp³-hybridized carbons (Fsp3) is 0.519. The van der Waals surface area contributed by atoms with Crippen LogP contribution in [0.5, 0.6) is 0 Å². The van der Waals surface area contributed by atoms with E-state index in [1.807, 2.05) is 34.8 Å². The molecule has 0 spiro atoms. The van der Waals surface area contributed by atoms with Crippen LogP contribution in [0.2, 0.25) is 0 Å². The van der Waals surface area contributed by atoms with Gasteiger partial charge in [0, 0.05) is 61.3 Å². The maximum absolute atomic E-state index is 13.2. The van der Waals surface area contributed by atoms with Gasteiger partial charge < -0.3 is 14.4 Å². The predicted molar refractivity (Wildman–Crippen MR) is 136 cm³/mol. The van der Waals surface area contributed by atoms with Crippen LogP contribution in [0.4, 0.5) is 5.82 Å².